The first-order valence-corrected chi connectivity index (χ1v) is 9.91. The van der Waals surface area contributed by atoms with E-state index >= 15 is 0 Å². The summed E-state index contributed by atoms with van der Waals surface area (Å²) in [6.45, 7) is 4.60. The molecule has 0 amide bonds. The lowest BCUT2D eigenvalue weighted by Crippen LogP contribution is -2.27. The summed E-state index contributed by atoms with van der Waals surface area (Å²) >= 11 is 0. The number of benzene rings is 2. The van der Waals surface area contributed by atoms with Gasteiger partial charge in [0.15, 0.2) is 5.82 Å². The molecule has 148 valence electrons. The molecule has 1 aliphatic rings. The van der Waals surface area contributed by atoms with Gasteiger partial charge in [0.25, 0.3) is 5.56 Å². The van der Waals surface area contributed by atoms with E-state index in [0.717, 1.165) is 50.6 Å². The fraction of sp³-hybridized carbons (Fsp3) is 0.286. The maximum atomic E-state index is 12.1. The number of nitrogens with one attached hydrogen (secondary N) is 3. The van der Waals surface area contributed by atoms with Gasteiger partial charge in [-0.3, -0.25) is 19.8 Å². The third-order valence-electron chi connectivity index (χ3n) is 5.36. The second kappa shape index (κ2) is 7.56. The van der Waals surface area contributed by atoms with E-state index in [1.54, 1.807) is 6.07 Å². The van der Waals surface area contributed by atoms with Crippen molar-refractivity contribution in [3.05, 3.63) is 58.9 Å². The van der Waals surface area contributed by atoms with E-state index in [9.17, 15) is 4.79 Å². The number of aromatic nitrogens is 4. The molecule has 2 aromatic heterocycles. The molecule has 0 saturated carbocycles. The summed E-state index contributed by atoms with van der Waals surface area (Å²) in [6.07, 6.45) is 0.964. The molecule has 0 aliphatic carbocycles. The highest BCUT2D eigenvalue weighted by Gasteiger charge is 2.22. The maximum absolute atomic E-state index is 12.1. The molecule has 29 heavy (non-hydrogen) atoms. The molecule has 8 nitrogen and oxygen atoms in total. The molecule has 0 atom stereocenters. The minimum Gasteiger partial charge on any atom is -0.356 e. The number of H-pyrrole nitrogens is 2. The molecule has 0 radical (unpaired) electrons. The Kier molecular flexibility index (Phi) is 4.61. The third kappa shape index (κ3) is 3.54. The van der Waals surface area contributed by atoms with Crippen LogP contribution >= 0.6 is 0 Å². The fourth-order valence-electron chi connectivity index (χ4n) is 3.87. The lowest BCUT2D eigenvalue weighted by molar-refractivity contribution is 0.340. The highest BCUT2D eigenvalue weighted by atomic mass is 16.1. The molecule has 1 aliphatic heterocycles. The van der Waals surface area contributed by atoms with Crippen LogP contribution in [0.5, 0.6) is 0 Å². The number of para-hydroxylation sites is 2. The van der Waals surface area contributed by atoms with Crippen molar-refractivity contribution in [3.8, 4) is 0 Å². The highest BCUT2D eigenvalue weighted by molar-refractivity contribution is 5.90. The lowest BCUT2D eigenvalue weighted by atomic mass is 10.2. The Morgan fingerprint density at radius 2 is 1.86 bits per heavy atom. The normalized spacial score (nSPS) is 14.8. The topological polar surface area (TPSA) is 92.9 Å². The van der Waals surface area contributed by atoms with Gasteiger partial charge in [-0.05, 0) is 30.7 Å². The molecular weight excluding hydrogens is 366 g/mol. The number of hydrogen-bond donors (Lipinski definition) is 3. The van der Waals surface area contributed by atoms with Gasteiger partial charge in [0.05, 0.1) is 23.1 Å². The number of hydrogen-bond acceptors (Lipinski definition) is 6. The van der Waals surface area contributed by atoms with Gasteiger partial charge in [-0.1, -0.05) is 24.3 Å². The van der Waals surface area contributed by atoms with Gasteiger partial charge in [-0.15, -0.1) is 0 Å². The van der Waals surface area contributed by atoms with Crippen molar-refractivity contribution >= 4 is 33.6 Å². The second-order valence-corrected chi connectivity index (χ2v) is 7.33. The van der Waals surface area contributed by atoms with Crippen molar-refractivity contribution in [2.45, 2.75) is 6.42 Å². The van der Waals surface area contributed by atoms with Gasteiger partial charge < -0.3 is 10.2 Å². The number of aromatic amines is 2. The van der Waals surface area contributed by atoms with Gasteiger partial charge >= 0.3 is 0 Å². The van der Waals surface area contributed by atoms with Gasteiger partial charge in [0.2, 0.25) is 5.95 Å². The first kappa shape index (κ1) is 17.7. The van der Waals surface area contributed by atoms with E-state index in [4.69, 9.17) is 0 Å². The van der Waals surface area contributed by atoms with Crippen molar-refractivity contribution in [3.63, 3.8) is 0 Å². The van der Waals surface area contributed by atoms with Crippen LogP contribution in [0.25, 0.3) is 21.8 Å². The molecule has 3 heterocycles. The van der Waals surface area contributed by atoms with Crippen molar-refractivity contribution in [2.75, 3.05) is 43.1 Å². The zero-order chi connectivity index (χ0) is 19.6. The standard InChI is InChI=1S/C21H23N7O/c29-20-16-7-2-3-8-17(16)23-21(24-20)22-10-5-11-27-12-13-28(14-27)19-15-6-1-4-9-18(15)25-26-19/h1-4,6-9H,5,10-14H2,(H,25,26)(H2,22,23,24,29). The Labute approximate surface area is 167 Å². The smallest absolute Gasteiger partial charge is 0.260 e. The maximum Gasteiger partial charge on any atom is 0.260 e. The minimum absolute atomic E-state index is 0.112. The van der Waals surface area contributed by atoms with Crippen LogP contribution in [-0.4, -0.2) is 57.9 Å². The predicted octanol–water partition coefficient (Wildman–Crippen LogP) is 2.38. The van der Waals surface area contributed by atoms with E-state index in [0.29, 0.717) is 16.9 Å². The van der Waals surface area contributed by atoms with Crippen LogP contribution in [0.2, 0.25) is 0 Å². The van der Waals surface area contributed by atoms with Crippen molar-refractivity contribution < 1.29 is 0 Å². The average molecular weight is 389 g/mol. The minimum atomic E-state index is -0.112. The Bertz CT molecular complexity index is 1200. The van der Waals surface area contributed by atoms with Crippen LogP contribution in [0.1, 0.15) is 6.42 Å². The average Bonchev–Trinajstić information content (AvgIpc) is 3.38. The first-order chi connectivity index (χ1) is 14.3. The lowest BCUT2D eigenvalue weighted by Gasteiger charge is -2.18. The summed E-state index contributed by atoms with van der Waals surface area (Å²) in [7, 11) is 0. The van der Waals surface area contributed by atoms with Gasteiger partial charge in [-0.2, -0.15) is 5.10 Å². The molecule has 0 spiro atoms. The van der Waals surface area contributed by atoms with Crippen molar-refractivity contribution in [1.29, 1.82) is 0 Å². The molecule has 0 unspecified atom stereocenters. The molecule has 1 fully saturated rings. The van der Waals surface area contributed by atoms with E-state index in [1.165, 1.54) is 5.39 Å². The van der Waals surface area contributed by atoms with Crippen molar-refractivity contribution in [2.24, 2.45) is 0 Å². The molecule has 4 aromatic rings. The van der Waals surface area contributed by atoms with Crippen molar-refractivity contribution in [1.82, 2.24) is 25.1 Å². The number of nitrogens with zero attached hydrogens (tertiary/aromatic N) is 4. The fourth-order valence-corrected chi connectivity index (χ4v) is 3.87. The zero-order valence-corrected chi connectivity index (χ0v) is 16.1. The molecule has 0 bridgehead atoms. The van der Waals surface area contributed by atoms with Crippen LogP contribution in [0.3, 0.4) is 0 Å². The van der Waals surface area contributed by atoms with Crippen LogP contribution < -0.4 is 15.8 Å². The number of rotatable bonds is 6. The molecular formula is C21H23N7O. The summed E-state index contributed by atoms with van der Waals surface area (Å²) in [4.78, 5) is 24.1. The SMILES string of the molecule is O=c1[nH]c(NCCCN2CCN(c3n[nH]c4ccccc34)C2)nc2ccccc12. The van der Waals surface area contributed by atoms with Gasteiger partial charge in [0.1, 0.15) is 0 Å². The largest absolute Gasteiger partial charge is 0.356 e. The Balaban J connectivity index is 1.15. The third-order valence-corrected chi connectivity index (χ3v) is 5.36. The van der Waals surface area contributed by atoms with E-state index < -0.39 is 0 Å². The molecule has 3 N–H and O–H groups in total. The van der Waals surface area contributed by atoms with E-state index in [1.807, 2.05) is 30.3 Å². The molecule has 5 rings (SSSR count). The molecule has 2 aromatic carbocycles. The zero-order valence-electron chi connectivity index (χ0n) is 16.1. The second-order valence-electron chi connectivity index (χ2n) is 7.33. The highest BCUT2D eigenvalue weighted by Crippen LogP contribution is 2.25. The monoisotopic (exact) mass is 389 g/mol. The Morgan fingerprint density at radius 3 is 2.79 bits per heavy atom. The summed E-state index contributed by atoms with van der Waals surface area (Å²) in [5.74, 6) is 1.55. The predicted molar refractivity (Wildman–Crippen MR) is 115 cm³/mol. The van der Waals surface area contributed by atoms with Gasteiger partial charge in [-0.25, -0.2) is 4.98 Å². The molecule has 8 heteroatoms. The first-order valence-electron chi connectivity index (χ1n) is 9.91. The summed E-state index contributed by atoms with van der Waals surface area (Å²) in [5.41, 5.74) is 1.67. The van der Waals surface area contributed by atoms with E-state index in [2.05, 4.69) is 47.4 Å². The number of anilines is 2. The molecule has 1 saturated heterocycles. The van der Waals surface area contributed by atoms with Crippen LogP contribution in [0.15, 0.2) is 53.3 Å². The Hall–Kier alpha value is -3.39. The number of fused-ring (bicyclic) bond motifs is 2. The Morgan fingerprint density at radius 1 is 1.03 bits per heavy atom. The van der Waals surface area contributed by atoms with E-state index in [-0.39, 0.29) is 5.56 Å². The summed E-state index contributed by atoms with van der Waals surface area (Å²) < 4.78 is 0. The van der Waals surface area contributed by atoms with Crippen LogP contribution in [-0.2, 0) is 0 Å². The summed E-state index contributed by atoms with van der Waals surface area (Å²) in [5, 5.41) is 12.6. The summed E-state index contributed by atoms with van der Waals surface area (Å²) in [6, 6.07) is 15.6. The van der Waals surface area contributed by atoms with Crippen LogP contribution in [0, 0.1) is 0 Å². The quantitative estimate of drug-likeness (QED) is 0.439. The van der Waals surface area contributed by atoms with Gasteiger partial charge in [0, 0.05) is 31.6 Å². The van der Waals surface area contributed by atoms with Crippen LogP contribution in [0.4, 0.5) is 11.8 Å².